The van der Waals surface area contributed by atoms with Crippen molar-refractivity contribution in [1.29, 1.82) is 0 Å². The molecule has 2 aliphatic rings. The van der Waals surface area contributed by atoms with Crippen LogP contribution in [-0.2, 0) is 4.74 Å². The van der Waals surface area contributed by atoms with Gasteiger partial charge in [0, 0.05) is 0 Å². The van der Waals surface area contributed by atoms with Crippen LogP contribution in [-0.4, -0.2) is 24.3 Å². The molecule has 0 radical (unpaired) electrons. The molecule has 0 bridgehead atoms. The first-order chi connectivity index (χ1) is 8.39. The van der Waals surface area contributed by atoms with E-state index in [1.165, 1.54) is 25.7 Å². The highest BCUT2D eigenvalue weighted by Crippen LogP contribution is 2.51. The summed E-state index contributed by atoms with van der Waals surface area (Å²) in [6.45, 7) is 9.00. The summed E-state index contributed by atoms with van der Waals surface area (Å²) in [6, 6.07) is 0. The Labute approximate surface area is 112 Å². The number of hydrogen-bond acceptors (Lipinski definition) is 1. The van der Waals surface area contributed by atoms with E-state index in [9.17, 15) is 0 Å². The Bertz CT molecular complexity index is 315. The number of epoxide rings is 1. The monoisotopic (exact) mass is 250 g/mol. The lowest BCUT2D eigenvalue weighted by Crippen LogP contribution is -2.35. The molecule has 18 heavy (non-hydrogen) atoms. The molecule has 2 nitrogen and oxygen atoms in total. The predicted octanol–water partition coefficient (Wildman–Crippen LogP) is 4.31. The number of allylic oxidation sites excluding steroid dienone is 1. The van der Waals surface area contributed by atoms with E-state index < -0.39 is 0 Å². The van der Waals surface area contributed by atoms with Crippen molar-refractivity contribution in [2.45, 2.75) is 70.6 Å². The lowest BCUT2D eigenvalue weighted by Gasteiger charge is -2.47. The van der Waals surface area contributed by atoms with Gasteiger partial charge in [-0.3, -0.25) is 0 Å². The fourth-order valence-corrected chi connectivity index (χ4v) is 3.16. The third kappa shape index (κ3) is 2.80. The van der Waals surface area contributed by atoms with Gasteiger partial charge in [-0.1, -0.05) is 45.8 Å². The number of hydrogen-bond donors (Lipinski definition) is 0. The number of nitrogens with zero attached hydrogens (tertiary/aromatic N) is 1. The van der Waals surface area contributed by atoms with Crippen LogP contribution in [0.2, 0.25) is 0 Å². The summed E-state index contributed by atoms with van der Waals surface area (Å²) in [5, 5.41) is 4.54. The van der Waals surface area contributed by atoms with Crippen molar-refractivity contribution in [1.82, 2.24) is 0 Å². The maximum atomic E-state index is 5.98. The number of rotatable bonds is 4. The minimum atomic E-state index is 0.112. The summed E-state index contributed by atoms with van der Waals surface area (Å²) < 4.78 is 5.98. The fourth-order valence-electron chi connectivity index (χ4n) is 3.16. The van der Waals surface area contributed by atoms with Crippen molar-refractivity contribution in [2.24, 2.45) is 11.8 Å². The molecule has 1 aliphatic carbocycles. The van der Waals surface area contributed by atoms with Gasteiger partial charge >= 0.3 is 0 Å². The predicted molar refractivity (Wildman–Crippen MR) is 76.9 cm³/mol. The van der Waals surface area contributed by atoms with Crippen molar-refractivity contribution >= 4 is 0 Å². The Morgan fingerprint density at radius 2 is 1.83 bits per heavy atom. The zero-order chi connectivity index (χ0) is 13.4. The van der Waals surface area contributed by atoms with Gasteiger partial charge in [-0.2, -0.15) is 7.05 Å². The average Bonchev–Trinajstić information content (AvgIpc) is 3.00. The van der Waals surface area contributed by atoms with Crippen LogP contribution >= 0.6 is 0 Å². The highest BCUT2D eigenvalue weighted by atomic mass is 16.6. The third-order valence-corrected chi connectivity index (χ3v) is 4.97. The molecule has 0 unspecified atom stereocenters. The molecule has 2 atom stereocenters. The van der Waals surface area contributed by atoms with E-state index in [1.807, 2.05) is 7.05 Å². The van der Waals surface area contributed by atoms with E-state index in [0.717, 1.165) is 0 Å². The second kappa shape index (κ2) is 4.97. The summed E-state index contributed by atoms with van der Waals surface area (Å²) in [4.78, 5) is 0. The second-order valence-corrected chi connectivity index (χ2v) is 6.85. The van der Waals surface area contributed by atoms with E-state index in [0.29, 0.717) is 17.9 Å². The normalized spacial score (nSPS) is 44.8. The third-order valence-electron chi connectivity index (χ3n) is 4.97. The molecule has 1 saturated heterocycles. The van der Waals surface area contributed by atoms with Crippen LogP contribution < -0.4 is 0 Å². The maximum absolute atomic E-state index is 5.98. The highest BCUT2D eigenvalue weighted by molar-refractivity contribution is 5.16. The molecule has 104 valence electrons. The Morgan fingerprint density at radius 1 is 1.22 bits per heavy atom. The molecular weight excluding hydrogens is 222 g/mol. The zero-order valence-electron chi connectivity index (χ0n) is 12.6. The minimum absolute atomic E-state index is 0.112. The summed E-state index contributed by atoms with van der Waals surface area (Å²) in [6.07, 6.45) is 9.84. The van der Waals surface area contributed by atoms with E-state index >= 15 is 0 Å². The number of ether oxygens (including phenoxy) is 1. The van der Waals surface area contributed by atoms with Gasteiger partial charge in [-0.05, 0) is 31.6 Å². The second-order valence-electron chi connectivity index (χ2n) is 6.85. The van der Waals surface area contributed by atoms with Gasteiger partial charge in [0.2, 0.25) is 0 Å². The van der Waals surface area contributed by atoms with Gasteiger partial charge in [-0.25, -0.2) is 0 Å². The average molecular weight is 250 g/mol. The topological polar surface area (TPSA) is 26.6 Å². The summed E-state index contributed by atoms with van der Waals surface area (Å²) >= 11 is 0. The van der Waals surface area contributed by atoms with Crippen LogP contribution in [0, 0.1) is 11.8 Å². The molecule has 0 aromatic rings. The van der Waals surface area contributed by atoms with Crippen LogP contribution in [0.3, 0.4) is 0 Å². The van der Waals surface area contributed by atoms with Crippen molar-refractivity contribution in [2.75, 3.05) is 7.05 Å². The van der Waals surface area contributed by atoms with E-state index in [-0.39, 0.29) is 11.1 Å². The lowest BCUT2D eigenvalue weighted by molar-refractivity contribution is 0.165. The molecular formula is C16H28NO-. The molecule has 1 aliphatic heterocycles. The largest absolute Gasteiger partial charge is 0.660 e. The Hall–Kier alpha value is -0.340. The first-order valence-corrected chi connectivity index (χ1v) is 7.37. The van der Waals surface area contributed by atoms with Crippen molar-refractivity contribution < 1.29 is 4.74 Å². The van der Waals surface area contributed by atoms with Crippen LogP contribution in [0.25, 0.3) is 5.32 Å². The quantitative estimate of drug-likeness (QED) is 0.539. The smallest absolute Gasteiger partial charge is 0.105 e. The first kappa shape index (κ1) is 14.1. The minimum Gasteiger partial charge on any atom is -0.660 e. The van der Waals surface area contributed by atoms with Gasteiger partial charge in [0.15, 0.2) is 0 Å². The maximum Gasteiger partial charge on any atom is 0.105 e. The Balaban J connectivity index is 1.88. The zero-order valence-corrected chi connectivity index (χ0v) is 12.6. The SMILES string of the molecule is C[N-]C1(C)CCC([C@@]2(C)O[C@@H]2/C=C/C(C)C)CC1. The molecule has 2 fully saturated rings. The van der Waals surface area contributed by atoms with Crippen LogP contribution in [0.4, 0.5) is 0 Å². The molecule has 0 amide bonds. The molecule has 0 aromatic heterocycles. The van der Waals surface area contributed by atoms with Gasteiger partial charge in [-0.15, -0.1) is 5.54 Å². The first-order valence-electron chi connectivity index (χ1n) is 7.37. The van der Waals surface area contributed by atoms with Crippen molar-refractivity contribution in [3.8, 4) is 0 Å². The summed E-state index contributed by atoms with van der Waals surface area (Å²) in [5.41, 5.74) is 0.339. The van der Waals surface area contributed by atoms with Crippen LogP contribution in [0.15, 0.2) is 12.2 Å². The molecule has 1 saturated carbocycles. The lowest BCUT2D eigenvalue weighted by atomic mass is 9.72. The molecule has 2 heteroatoms. The van der Waals surface area contributed by atoms with Gasteiger partial charge in [0.25, 0.3) is 0 Å². The molecule has 0 aromatic carbocycles. The van der Waals surface area contributed by atoms with Gasteiger partial charge in [0.05, 0.1) is 5.60 Å². The van der Waals surface area contributed by atoms with E-state index in [4.69, 9.17) is 4.74 Å². The molecule has 0 spiro atoms. The Kier molecular flexibility index (Phi) is 3.89. The summed E-state index contributed by atoms with van der Waals surface area (Å²) in [5.74, 6) is 1.33. The van der Waals surface area contributed by atoms with E-state index in [1.54, 1.807) is 0 Å². The summed E-state index contributed by atoms with van der Waals surface area (Å²) in [7, 11) is 1.96. The molecule has 2 rings (SSSR count). The van der Waals surface area contributed by atoms with Gasteiger partial charge in [0.1, 0.15) is 6.10 Å². The fraction of sp³-hybridized carbons (Fsp3) is 0.875. The highest BCUT2D eigenvalue weighted by Gasteiger charge is 2.56. The van der Waals surface area contributed by atoms with Crippen molar-refractivity contribution in [3.63, 3.8) is 0 Å². The standard InChI is InChI=1S/C16H28NO/c1-12(2)6-7-14-16(4,18-14)13-8-10-15(3,17-5)11-9-13/h6-7,12-14H,8-11H2,1-5H3/q-1/b7-6+/t13?,14-,15?,16-/m1/s1. The van der Waals surface area contributed by atoms with Crippen LogP contribution in [0.1, 0.15) is 53.4 Å². The Morgan fingerprint density at radius 3 is 2.33 bits per heavy atom. The molecule has 1 heterocycles. The van der Waals surface area contributed by atoms with Crippen molar-refractivity contribution in [3.05, 3.63) is 17.5 Å². The van der Waals surface area contributed by atoms with Gasteiger partial charge < -0.3 is 10.1 Å². The van der Waals surface area contributed by atoms with E-state index in [2.05, 4.69) is 45.2 Å². The van der Waals surface area contributed by atoms with Crippen LogP contribution in [0.5, 0.6) is 0 Å². The molecule has 0 N–H and O–H groups in total.